The van der Waals surface area contributed by atoms with E-state index in [9.17, 15) is 8.78 Å². The van der Waals surface area contributed by atoms with Gasteiger partial charge in [0.25, 0.3) is 0 Å². The molecule has 3 aromatic rings. The highest BCUT2D eigenvalue weighted by molar-refractivity contribution is 5.63. The van der Waals surface area contributed by atoms with Crippen molar-refractivity contribution in [2.45, 2.75) is 32.2 Å². The molecule has 1 aliphatic carbocycles. The molecule has 0 bridgehead atoms. The number of hydrogen-bond acceptors (Lipinski definition) is 6. The minimum absolute atomic E-state index is 0. The van der Waals surface area contributed by atoms with Gasteiger partial charge in [0.1, 0.15) is 18.0 Å². The van der Waals surface area contributed by atoms with Gasteiger partial charge < -0.3 is 15.4 Å². The van der Waals surface area contributed by atoms with Crippen LogP contribution in [-0.4, -0.2) is 58.6 Å². The number of anilines is 3. The van der Waals surface area contributed by atoms with Crippen LogP contribution in [0.15, 0.2) is 42.7 Å². The molecule has 0 radical (unpaired) electrons. The summed E-state index contributed by atoms with van der Waals surface area (Å²) < 4.78 is 33.9. The van der Waals surface area contributed by atoms with Crippen molar-refractivity contribution in [2.75, 3.05) is 43.5 Å². The largest absolute Gasteiger partial charge is 0.385 e. The Kier molecular flexibility index (Phi) is 6.73. The molecule has 34 heavy (non-hydrogen) atoms. The third kappa shape index (κ3) is 5.37. The predicted octanol–water partition coefficient (Wildman–Crippen LogP) is 4.76. The molecule has 2 unspecified atom stereocenters. The minimum Gasteiger partial charge on any atom is -0.385 e. The summed E-state index contributed by atoms with van der Waals surface area (Å²) in [7, 11) is 0. The van der Waals surface area contributed by atoms with Gasteiger partial charge in [-0.05, 0) is 61.6 Å². The van der Waals surface area contributed by atoms with Crippen molar-refractivity contribution in [2.24, 2.45) is 5.92 Å². The molecular weight excluding hydrogens is 438 g/mol. The topological polar surface area (TPSA) is 67.2 Å². The van der Waals surface area contributed by atoms with E-state index in [0.717, 1.165) is 55.9 Å². The van der Waals surface area contributed by atoms with E-state index in [1.807, 2.05) is 19.1 Å². The third-order valence-electron chi connectivity index (χ3n) is 6.64. The number of nitrogens with one attached hydrogen (secondary N) is 2. The summed E-state index contributed by atoms with van der Waals surface area (Å²) in [5.74, 6) is -0.344. The Bertz CT molecular complexity index is 1120. The zero-order valence-corrected chi connectivity index (χ0v) is 19.3. The Morgan fingerprint density at radius 2 is 1.79 bits per heavy atom. The van der Waals surface area contributed by atoms with Crippen LogP contribution in [0.2, 0.25) is 0 Å². The lowest BCUT2D eigenvalue weighted by molar-refractivity contribution is 0.00939. The highest BCUT2D eigenvalue weighted by Crippen LogP contribution is 2.31. The van der Waals surface area contributed by atoms with Crippen molar-refractivity contribution in [3.8, 4) is 5.69 Å². The summed E-state index contributed by atoms with van der Waals surface area (Å²) in [5, 5.41) is 11.2. The van der Waals surface area contributed by atoms with E-state index in [0.29, 0.717) is 17.9 Å². The van der Waals surface area contributed by atoms with Crippen molar-refractivity contribution >= 4 is 17.3 Å². The van der Waals surface area contributed by atoms with Gasteiger partial charge in [-0.3, -0.25) is 4.90 Å². The average Bonchev–Trinajstić information content (AvgIpc) is 3.47. The summed E-state index contributed by atoms with van der Waals surface area (Å²) in [6.45, 7) is 6.71. The van der Waals surface area contributed by atoms with Gasteiger partial charge in [0.2, 0.25) is 5.95 Å². The zero-order chi connectivity index (χ0) is 23.5. The summed E-state index contributed by atoms with van der Waals surface area (Å²) in [5.41, 5.74) is 3.27. The molecule has 2 aliphatic rings. The Hall–Kier alpha value is -3.04. The Morgan fingerprint density at radius 1 is 1.03 bits per heavy atom. The van der Waals surface area contributed by atoms with Crippen LogP contribution in [0.25, 0.3) is 5.69 Å². The van der Waals surface area contributed by atoms with Crippen LogP contribution in [-0.2, 0) is 4.74 Å². The number of ether oxygens (including phenoxy) is 1. The van der Waals surface area contributed by atoms with Crippen LogP contribution in [0.4, 0.5) is 26.1 Å². The average molecular weight is 471 g/mol. The number of nitrogens with zero attached hydrogens (tertiary/aromatic N) is 4. The number of aryl methyl sites for hydroxylation is 1. The Balaban J connectivity index is 0.00000289. The number of morpholine rings is 1. The molecule has 1 aliphatic heterocycles. The SMILES string of the molecule is Cc1cc(NCC2CCCC2N2CCOCC2)cc(Nc2ncn(-c3cc(F)cc(F)c3)n2)c1.[HH]. The van der Waals surface area contributed by atoms with Crippen molar-refractivity contribution in [1.82, 2.24) is 19.7 Å². The van der Waals surface area contributed by atoms with Crippen molar-refractivity contribution in [3.05, 3.63) is 59.9 Å². The van der Waals surface area contributed by atoms with Crippen LogP contribution in [0.3, 0.4) is 0 Å². The summed E-state index contributed by atoms with van der Waals surface area (Å²) in [4.78, 5) is 6.83. The Labute approximate surface area is 199 Å². The molecule has 0 spiro atoms. The molecule has 7 nitrogen and oxygen atoms in total. The lowest BCUT2D eigenvalue weighted by Gasteiger charge is -2.35. The van der Waals surface area contributed by atoms with Gasteiger partial charge in [-0.15, -0.1) is 5.10 Å². The van der Waals surface area contributed by atoms with E-state index >= 15 is 0 Å². The quantitative estimate of drug-likeness (QED) is 0.519. The van der Waals surface area contributed by atoms with Gasteiger partial charge >= 0.3 is 0 Å². The van der Waals surface area contributed by atoms with Gasteiger partial charge in [-0.2, -0.15) is 4.98 Å². The van der Waals surface area contributed by atoms with E-state index in [-0.39, 0.29) is 7.11 Å². The summed E-state index contributed by atoms with van der Waals surface area (Å²) >= 11 is 0. The van der Waals surface area contributed by atoms with Crippen LogP contribution < -0.4 is 10.6 Å². The van der Waals surface area contributed by atoms with E-state index in [4.69, 9.17) is 4.74 Å². The lowest BCUT2D eigenvalue weighted by atomic mass is 10.0. The fraction of sp³-hybridized carbons (Fsp3) is 0.440. The molecule has 2 fully saturated rings. The van der Waals surface area contributed by atoms with E-state index in [1.54, 1.807) is 0 Å². The zero-order valence-electron chi connectivity index (χ0n) is 19.3. The van der Waals surface area contributed by atoms with Crippen molar-refractivity contribution in [1.29, 1.82) is 0 Å². The van der Waals surface area contributed by atoms with Gasteiger partial charge in [-0.1, -0.05) is 6.42 Å². The maximum Gasteiger partial charge on any atom is 0.246 e. The first-order valence-corrected chi connectivity index (χ1v) is 11.9. The first-order valence-electron chi connectivity index (χ1n) is 11.9. The van der Waals surface area contributed by atoms with E-state index < -0.39 is 11.6 Å². The van der Waals surface area contributed by atoms with Crippen LogP contribution >= 0.6 is 0 Å². The molecule has 1 aromatic heterocycles. The molecule has 1 saturated heterocycles. The molecule has 5 rings (SSSR count). The number of aromatic nitrogens is 3. The smallest absolute Gasteiger partial charge is 0.246 e. The van der Waals surface area contributed by atoms with Gasteiger partial charge in [0.15, 0.2) is 0 Å². The maximum atomic E-state index is 13.5. The standard InChI is InChI=1S/C25H30F2N6O.H2/c1-17-9-21(28-15-18-3-2-4-24(18)32-5-7-34-8-6-32)14-22(10-17)30-25-29-16-33(31-25)23-12-19(26)11-20(27)13-23;/h9-14,16,18,24,28H,2-8,15H2,1H3,(H,30,31);1H. The molecule has 2 heterocycles. The first-order chi connectivity index (χ1) is 16.5. The molecule has 9 heteroatoms. The maximum absolute atomic E-state index is 13.5. The molecule has 1 saturated carbocycles. The normalized spacial score (nSPS) is 21.0. The summed E-state index contributed by atoms with van der Waals surface area (Å²) in [6, 6.07) is 10.1. The first kappa shape index (κ1) is 22.7. The second-order valence-electron chi connectivity index (χ2n) is 9.14. The van der Waals surface area contributed by atoms with Crippen molar-refractivity contribution in [3.63, 3.8) is 0 Å². The molecule has 2 N–H and O–H groups in total. The van der Waals surface area contributed by atoms with Gasteiger partial charge in [-0.25, -0.2) is 13.5 Å². The monoisotopic (exact) mass is 470 g/mol. The highest BCUT2D eigenvalue weighted by Gasteiger charge is 2.32. The van der Waals surface area contributed by atoms with E-state index in [1.165, 1.54) is 42.4 Å². The molecule has 0 amide bonds. The fourth-order valence-corrected chi connectivity index (χ4v) is 5.10. The lowest BCUT2D eigenvalue weighted by Crippen LogP contribution is -2.46. The van der Waals surface area contributed by atoms with Gasteiger partial charge in [0.05, 0.1) is 18.9 Å². The Morgan fingerprint density at radius 3 is 2.59 bits per heavy atom. The molecule has 182 valence electrons. The number of benzene rings is 2. The van der Waals surface area contributed by atoms with Gasteiger partial charge in [0, 0.05) is 44.5 Å². The molecule has 2 atom stereocenters. The highest BCUT2D eigenvalue weighted by atomic mass is 19.1. The predicted molar refractivity (Wildman–Crippen MR) is 130 cm³/mol. The number of rotatable bonds is 7. The number of halogens is 2. The van der Waals surface area contributed by atoms with E-state index in [2.05, 4.69) is 31.7 Å². The second kappa shape index (κ2) is 10.1. The summed E-state index contributed by atoms with van der Waals surface area (Å²) in [6.07, 6.45) is 5.21. The third-order valence-corrected chi connectivity index (χ3v) is 6.64. The molecule has 2 aromatic carbocycles. The van der Waals surface area contributed by atoms with Crippen LogP contribution in [0.5, 0.6) is 0 Å². The fourth-order valence-electron chi connectivity index (χ4n) is 5.10. The van der Waals surface area contributed by atoms with Crippen molar-refractivity contribution < 1.29 is 14.9 Å². The number of hydrogen-bond donors (Lipinski definition) is 2. The van der Waals surface area contributed by atoms with Crippen LogP contribution in [0.1, 0.15) is 26.3 Å². The second-order valence-corrected chi connectivity index (χ2v) is 9.14. The molecular formula is C25H32F2N6O. The minimum atomic E-state index is -0.660. The van der Waals surface area contributed by atoms with Crippen LogP contribution in [0, 0.1) is 24.5 Å².